The maximum Gasteiger partial charge on any atom is 0.251 e. The molecule has 0 spiro atoms. The van der Waals surface area contributed by atoms with Gasteiger partial charge in [-0.3, -0.25) is 4.79 Å². The van der Waals surface area contributed by atoms with Gasteiger partial charge >= 0.3 is 0 Å². The highest BCUT2D eigenvalue weighted by atomic mass is 32.1. The van der Waals surface area contributed by atoms with Crippen LogP contribution in [-0.4, -0.2) is 27.8 Å². The van der Waals surface area contributed by atoms with Crippen molar-refractivity contribution in [2.24, 2.45) is 0 Å². The van der Waals surface area contributed by atoms with Crippen LogP contribution in [0.2, 0.25) is 0 Å². The number of halogens is 1. The molecule has 8 heteroatoms. The highest BCUT2D eigenvalue weighted by molar-refractivity contribution is 7.18. The Kier molecular flexibility index (Phi) is 5.46. The van der Waals surface area contributed by atoms with E-state index in [1.54, 1.807) is 0 Å². The quantitative estimate of drug-likeness (QED) is 0.501. The van der Waals surface area contributed by atoms with Gasteiger partial charge in [-0.2, -0.15) is 4.98 Å². The number of hydrogen-bond acceptors (Lipinski definition) is 6. The fraction of sp³-hybridized carbons (Fsp3) is 0.0952. The molecule has 6 nitrogen and oxygen atoms in total. The van der Waals surface area contributed by atoms with Crippen molar-refractivity contribution in [3.63, 3.8) is 0 Å². The van der Waals surface area contributed by atoms with Crippen molar-refractivity contribution in [1.82, 2.24) is 15.5 Å². The third-order valence-electron chi connectivity index (χ3n) is 4.22. The Bertz CT molecular complexity index is 1110. The van der Waals surface area contributed by atoms with Crippen LogP contribution >= 0.6 is 11.3 Å². The predicted octanol–water partition coefficient (Wildman–Crippen LogP) is 4.07. The largest absolute Gasteiger partial charge is 0.394 e. The van der Waals surface area contributed by atoms with E-state index in [0.717, 1.165) is 15.3 Å². The van der Waals surface area contributed by atoms with Gasteiger partial charge < -0.3 is 14.9 Å². The number of benzene rings is 2. The molecule has 0 saturated heterocycles. The first kappa shape index (κ1) is 19.0. The summed E-state index contributed by atoms with van der Waals surface area (Å²) in [5.74, 6) is -0.451. The van der Waals surface area contributed by atoms with Gasteiger partial charge in [-0.25, -0.2) is 4.39 Å². The topological polar surface area (TPSA) is 88.2 Å². The molecule has 2 aromatic carbocycles. The standard InChI is InChI=1S/C21H16FN3O3S/c22-15-8-6-14(7-9-15)20(27)23-16(12-26)21-24-19(25-28-21)18-11-10-17(29-18)13-4-2-1-3-5-13/h1-11,16,26H,12H2,(H,23,27). The van der Waals surface area contributed by atoms with Crippen molar-refractivity contribution < 1.29 is 18.8 Å². The summed E-state index contributed by atoms with van der Waals surface area (Å²) in [5.41, 5.74) is 1.35. The van der Waals surface area contributed by atoms with E-state index in [9.17, 15) is 14.3 Å². The van der Waals surface area contributed by atoms with Gasteiger partial charge in [0.15, 0.2) is 0 Å². The molecule has 0 fully saturated rings. The summed E-state index contributed by atoms with van der Waals surface area (Å²) in [6, 6.07) is 18.0. The van der Waals surface area contributed by atoms with Crippen LogP contribution in [-0.2, 0) is 0 Å². The molecule has 2 N–H and O–H groups in total. The number of amides is 1. The second kappa shape index (κ2) is 8.34. The van der Waals surface area contributed by atoms with Crippen LogP contribution in [0.4, 0.5) is 4.39 Å². The van der Waals surface area contributed by atoms with E-state index in [0.29, 0.717) is 5.82 Å². The maximum atomic E-state index is 13.0. The maximum absolute atomic E-state index is 13.0. The molecule has 0 aliphatic carbocycles. The number of carbonyl (C=O) groups is 1. The average Bonchev–Trinajstić information content (AvgIpc) is 3.43. The molecule has 1 amide bonds. The molecule has 1 atom stereocenters. The van der Waals surface area contributed by atoms with Crippen LogP contribution in [0.25, 0.3) is 21.1 Å². The number of aromatic nitrogens is 2. The number of nitrogens with one attached hydrogen (secondary N) is 1. The lowest BCUT2D eigenvalue weighted by Gasteiger charge is -2.12. The fourth-order valence-corrected chi connectivity index (χ4v) is 3.66. The summed E-state index contributed by atoms with van der Waals surface area (Å²) in [4.78, 5) is 18.5. The first-order valence-electron chi connectivity index (χ1n) is 8.80. The van der Waals surface area contributed by atoms with Crippen LogP contribution in [0.15, 0.2) is 71.3 Å². The van der Waals surface area contributed by atoms with Crippen molar-refractivity contribution in [2.75, 3.05) is 6.61 Å². The van der Waals surface area contributed by atoms with E-state index < -0.39 is 24.4 Å². The molecule has 0 aliphatic heterocycles. The van der Waals surface area contributed by atoms with Gasteiger partial charge in [-0.15, -0.1) is 11.3 Å². The summed E-state index contributed by atoms with van der Waals surface area (Å²) >= 11 is 1.51. The minimum absolute atomic E-state index is 0.0904. The molecule has 2 aromatic heterocycles. The molecular formula is C21H16FN3O3S. The summed E-state index contributed by atoms with van der Waals surface area (Å²) < 4.78 is 18.3. The lowest BCUT2D eigenvalue weighted by Crippen LogP contribution is -2.31. The summed E-state index contributed by atoms with van der Waals surface area (Å²) in [5, 5.41) is 16.2. The third-order valence-corrected chi connectivity index (χ3v) is 5.35. The number of hydrogen-bond donors (Lipinski definition) is 2. The number of aliphatic hydroxyl groups excluding tert-OH is 1. The zero-order valence-electron chi connectivity index (χ0n) is 15.1. The first-order chi connectivity index (χ1) is 14.1. The van der Waals surface area contributed by atoms with Crippen LogP contribution in [0, 0.1) is 5.82 Å². The number of thiophene rings is 1. The third kappa shape index (κ3) is 4.23. The Morgan fingerprint density at radius 2 is 1.79 bits per heavy atom. The van der Waals surface area contributed by atoms with Gasteiger partial charge in [0.25, 0.3) is 11.8 Å². The minimum atomic E-state index is -0.873. The van der Waals surface area contributed by atoms with Gasteiger partial charge in [0, 0.05) is 10.4 Å². The Balaban J connectivity index is 1.50. The Morgan fingerprint density at radius 1 is 1.07 bits per heavy atom. The Labute approximate surface area is 169 Å². The number of aliphatic hydroxyl groups is 1. The number of nitrogens with zero attached hydrogens (tertiary/aromatic N) is 2. The predicted molar refractivity (Wildman–Crippen MR) is 107 cm³/mol. The van der Waals surface area contributed by atoms with Crippen LogP contribution in [0.5, 0.6) is 0 Å². The molecule has 29 heavy (non-hydrogen) atoms. The van der Waals surface area contributed by atoms with Crippen LogP contribution in [0.1, 0.15) is 22.3 Å². The molecule has 0 saturated carbocycles. The van der Waals surface area contributed by atoms with E-state index in [2.05, 4.69) is 15.5 Å². The normalized spacial score (nSPS) is 11.9. The van der Waals surface area contributed by atoms with E-state index >= 15 is 0 Å². The molecule has 2 heterocycles. The number of rotatable bonds is 6. The highest BCUT2D eigenvalue weighted by Crippen LogP contribution is 2.33. The lowest BCUT2D eigenvalue weighted by molar-refractivity contribution is 0.0901. The van der Waals surface area contributed by atoms with Gasteiger partial charge in [0.1, 0.15) is 11.9 Å². The molecule has 1 unspecified atom stereocenters. The van der Waals surface area contributed by atoms with Crippen molar-refractivity contribution in [2.45, 2.75) is 6.04 Å². The zero-order chi connectivity index (χ0) is 20.2. The second-order valence-corrected chi connectivity index (χ2v) is 7.29. The van der Waals surface area contributed by atoms with Crippen LogP contribution < -0.4 is 5.32 Å². The van der Waals surface area contributed by atoms with Crippen molar-refractivity contribution in [1.29, 1.82) is 0 Å². The molecular weight excluding hydrogens is 393 g/mol. The molecule has 0 bridgehead atoms. The number of carbonyl (C=O) groups excluding carboxylic acids is 1. The van der Waals surface area contributed by atoms with Crippen molar-refractivity contribution in [3.8, 4) is 21.1 Å². The van der Waals surface area contributed by atoms with Gasteiger partial charge in [0.05, 0.1) is 11.5 Å². The minimum Gasteiger partial charge on any atom is -0.394 e. The Hall–Kier alpha value is -3.36. The summed E-state index contributed by atoms with van der Waals surface area (Å²) in [7, 11) is 0. The SMILES string of the molecule is O=C(NC(CO)c1nc(-c2ccc(-c3ccccc3)s2)no1)c1ccc(F)cc1. The monoisotopic (exact) mass is 409 g/mol. The highest BCUT2D eigenvalue weighted by Gasteiger charge is 2.22. The van der Waals surface area contributed by atoms with Gasteiger partial charge in [0.2, 0.25) is 5.82 Å². The van der Waals surface area contributed by atoms with E-state index in [1.165, 1.54) is 35.6 Å². The zero-order valence-corrected chi connectivity index (χ0v) is 15.9. The van der Waals surface area contributed by atoms with Gasteiger partial charge in [-0.05, 0) is 42.0 Å². The second-order valence-electron chi connectivity index (χ2n) is 6.20. The summed E-state index contributed by atoms with van der Waals surface area (Å²) in [6.07, 6.45) is 0. The van der Waals surface area contributed by atoms with Crippen molar-refractivity contribution >= 4 is 17.2 Å². The fourth-order valence-electron chi connectivity index (χ4n) is 2.72. The van der Waals surface area contributed by atoms with Gasteiger partial charge in [-0.1, -0.05) is 35.5 Å². The molecule has 146 valence electrons. The molecule has 4 rings (SSSR count). The first-order valence-corrected chi connectivity index (χ1v) is 9.62. The smallest absolute Gasteiger partial charge is 0.251 e. The van der Waals surface area contributed by atoms with E-state index in [4.69, 9.17) is 4.52 Å². The molecule has 4 aromatic rings. The molecule has 0 aliphatic rings. The summed E-state index contributed by atoms with van der Waals surface area (Å²) in [6.45, 7) is -0.422. The van der Waals surface area contributed by atoms with E-state index in [-0.39, 0.29) is 11.5 Å². The average molecular weight is 409 g/mol. The lowest BCUT2D eigenvalue weighted by atomic mass is 10.2. The van der Waals surface area contributed by atoms with Crippen LogP contribution in [0.3, 0.4) is 0 Å². The molecule has 0 radical (unpaired) electrons. The van der Waals surface area contributed by atoms with E-state index in [1.807, 2.05) is 42.5 Å². The Morgan fingerprint density at radius 3 is 2.52 bits per heavy atom. The van der Waals surface area contributed by atoms with Crippen molar-refractivity contribution in [3.05, 3.63) is 84.0 Å².